The van der Waals surface area contributed by atoms with Crippen LogP contribution in [0.1, 0.15) is 32.6 Å². The third-order valence-corrected chi connectivity index (χ3v) is 5.57. The molecule has 0 unspecified atom stereocenters. The Bertz CT molecular complexity index is 1240. The summed E-state index contributed by atoms with van der Waals surface area (Å²) in [5.74, 6) is 0.325. The molecule has 0 heterocycles. The van der Waals surface area contributed by atoms with Gasteiger partial charge in [-0.15, -0.1) is 0 Å². The molecule has 0 fully saturated rings. The van der Waals surface area contributed by atoms with E-state index in [9.17, 15) is 4.79 Å². The molecule has 0 aliphatic heterocycles. The summed E-state index contributed by atoms with van der Waals surface area (Å²) in [4.78, 5) is 12.0. The van der Waals surface area contributed by atoms with Gasteiger partial charge in [0.05, 0.1) is 12.7 Å². The van der Waals surface area contributed by atoms with Gasteiger partial charge < -0.3 is 4.74 Å². The van der Waals surface area contributed by atoms with Crippen molar-refractivity contribution in [1.29, 1.82) is 0 Å². The van der Waals surface area contributed by atoms with Crippen LogP contribution < -0.4 is 4.74 Å². The van der Waals surface area contributed by atoms with Crippen molar-refractivity contribution in [3.63, 3.8) is 0 Å². The standard InChI is InChI=1S/C30H28O2/c1-7-23(17-21(4)24-13-16-28(29(31)8-2)30(19-24)32-6)25-14-15-27(22(5)18-25)26-12-10-9-11-20(26)3/h7-19H,1-2,4H2,3,5-6H3/b23-17+. The smallest absolute Gasteiger partial charge is 0.188 e. The van der Waals surface area contributed by atoms with Crippen LogP contribution in [0.15, 0.2) is 98.6 Å². The summed E-state index contributed by atoms with van der Waals surface area (Å²) in [7, 11) is 1.55. The van der Waals surface area contributed by atoms with Crippen LogP contribution in [0, 0.1) is 13.8 Å². The van der Waals surface area contributed by atoms with E-state index in [1.807, 2.05) is 24.3 Å². The summed E-state index contributed by atoms with van der Waals surface area (Å²) in [6.07, 6.45) is 5.12. The highest BCUT2D eigenvalue weighted by Gasteiger charge is 2.12. The second kappa shape index (κ2) is 9.93. The second-order valence-electron chi connectivity index (χ2n) is 7.66. The van der Waals surface area contributed by atoms with E-state index >= 15 is 0 Å². The summed E-state index contributed by atoms with van der Waals surface area (Å²) in [6.45, 7) is 16.0. The number of ether oxygens (including phenoxy) is 1. The fourth-order valence-corrected chi connectivity index (χ4v) is 3.76. The normalized spacial score (nSPS) is 11.0. The summed E-state index contributed by atoms with van der Waals surface area (Å²) < 4.78 is 5.41. The summed E-state index contributed by atoms with van der Waals surface area (Å²) in [6, 6.07) is 20.3. The number of carbonyl (C=O) groups excluding carboxylic acids is 1. The van der Waals surface area contributed by atoms with Gasteiger partial charge >= 0.3 is 0 Å². The van der Waals surface area contributed by atoms with E-state index in [0.29, 0.717) is 11.3 Å². The molecule has 0 aliphatic rings. The maximum atomic E-state index is 12.0. The average Bonchev–Trinajstić information content (AvgIpc) is 2.82. The first-order valence-electron chi connectivity index (χ1n) is 10.4. The van der Waals surface area contributed by atoms with E-state index in [1.54, 1.807) is 13.2 Å². The lowest BCUT2D eigenvalue weighted by Gasteiger charge is -2.13. The van der Waals surface area contributed by atoms with Gasteiger partial charge in [0.2, 0.25) is 0 Å². The number of hydrogen-bond acceptors (Lipinski definition) is 2. The first kappa shape index (κ1) is 22.8. The second-order valence-corrected chi connectivity index (χ2v) is 7.66. The Morgan fingerprint density at radius 2 is 1.53 bits per heavy atom. The SMILES string of the molecule is C=CC(=O)c1ccc(C(=C)/C=C(\C=C)c2ccc(-c3ccccc3C)c(C)c2)cc1OC. The van der Waals surface area contributed by atoms with Crippen LogP contribution in [-0.2, 0) is 0 Å². The van der Waals surface area contributed by atoms with Crippen molar-refractivity contribution < 1.29 is 9.53 Å². The zero-order valence-electron chi connectivity index (χ0n) is 18.9. The van der Waals surface area contributed by atoms with Gasteiger partial charge in [-0.25, -0.2) is 0 Å². The van der Waals surface area contributed by atoms with Crippen LogP contribution in [0.2, 0.25) is 0 Å². The Morgan fingerprint density at radius 3 is 2.16 bits per heavy atom. The van der Waals surface area contributed by atoms with Gasteiger partial charge in [-0.1, -0.05) is 74.3 Å². The minimum Gasteiger partial charge on any atom is -0.496 e. The number of aryl methyl sites for hydroxylation is 2. The van der Waals surface area contributed by atoms with Crippen molar-refractivity contribution in [2.24, 2.45) is 0 Å². The minimum atomic E-state index is -0.175. The van der Waals surface area contributed by atoms with Crippen molar-refractivity contribution in [3.8, 4) is 16.9 Å². The first-order chi connectivity index (χ1) is 15.4. The molecular weight excluding hydrogens is 392 g/mol. The number of methoxy groups -OCH3 is 1. The molecule has 0 aromatic heterocycles. The van der Waals surface area contributed by atoms with Gasteiger partial charge in [0.1, 0.15) is 5.75 Å². The average molecular weight is 421 g/mol. The Labute approximate surface area is 190 Å². The fraction of sp³-hybridized carbons (Fsp3) is 0.100. The zero-order chi connectivity index (χ0) is 23.3. The van der Waals surface area contributed by atoms with Crippen LogP contribution in [-0.4, -0.2) is 12.9 Å². The Kier molecular flexibility index (Phi) is 7.07. The predicted octanol–water partition coefficient (Wildman–Crippen LogP) is 7.63. The summed E-state index contributed by atoms with van der Waals surface area (Å²) in [5.41, 5.74) is 9.11. The monoisotopic (exact) mass is 420 g/mol. The van der Waals surface area contributed by atoms with E-state index < -0.39 is 0 Å². The molecule has 0 amide bonds. The number of ketones is 1. The highest BCUT2D eigenvalue weighted by molar-refractivity contribution is 6.06. The van der Waals surface area contributed by atoms with Crippen molar-refractivity contribution in [3.05, 3.63) is 126 Å². The predicted molar refractivity (Wildman–Crippen MR) is 136 cm³/mol. The van der Waals surface area contributed by atoms with Crippen molar-refractivity contribution in [1.82, 2.24) is 0 Å². The molecule has 0 saturated heterocycles. The van der Waals surface area contributed by atoms with Crippen LogP contribution in [0.25, 0.3) is 22.3 Å². The Morgan fingerprint density at radius 1 is 0.844 bits per heavy atom. The Hall–Kier alpha value is -3.91. The third-order valence-electron chi connectivity index (χ3n) is 5.57. The van der Waals surface area contributed by atoms with Crippen LogP contribution in [0.3, 0.4) is 0 Å². The van der Waals surface area contributed by atoms with E-state index in [0.717, 1.165) is 22.3 Å². The molecule has 0 radical (unpaired) electrons. The molecule has 0 atom stereocenters. The topological polar surface area (TPSA) is 26.3 Å². The lowest BCUT2D eigenvalue weighted by molar-refractivity contribution is 0.104. The van der Waals surface area contributed by atoms with E-state index in [-0.39, 0.29) is 5.78 Å². The summed E-state index contributed by atoms with van der Waals surface area (Å²) >= 11 is 0. The number of carbonyl (C=O) groups is 1. The van der Waals surface area contributed by atoms with Gasteiger partial charge in [0, 0.05) is 0 Å². The number of hydrogen-bond donors (Lipinski definition) is 0. The van der Waals surface area contributed by atoms with Crippen molar-refractivity contribution >= 4 is 16.9 Å². The van der Waals surface area contributed by atoms with E-state index in [2.05, 4.69) is 76.0 Å². The molecule has 0 N–H and O–H groups in total. The largest absolute Gasteiger partial charge is 0.496 e. The van der Waals surface area contributed by atoms with Gasteiger partial charge in [-0.3, -0.25) is 4.79 Å². The fourth-order valence-electron chi connectivity index (χ4n) is 3.76. The van der Waals surface area contributed by atoms with E-state index in [1.165, 1.54) is 28.3 Å². The van der Waals surface area contributed by atoms with Crippen LogP contribution in [0.5, 0.6) is 5.75 Å². The molecule has 32 heavy (non-hydrogen) atoms. The zero-order valence-corrected chi connectivity index (χ0v) is 18.9. The highest BCUT2D eigenvalue weighted by atomic mass is 16.5. The quantitative estimate of drug-likeness (QED) is 0.213. The van der Waals surface area contributed by atoms with Gasteiger partial charge in [-0.05, 0) is 82.7 Å². The molecule has 3 rings (SSSR count). The van der Waals surface area contributed by atoms with Crippen molar-refractivity contribution in [2.45, 2.75) is 13.8 Å². The molecule has 2 nitrogen and oxygen atoms in total. The maximum absolute atomic E-state index is 12.0. The number of benzene rings is 3. The number of rotatable bonds is 8. The van der Waals surface area contributed by atoms with Crippen LogP contribution >= 0.6 is 0 Å². The molecule has 160 valence electrons. The van der Waals surface area contributed by atoms with Gasteiger partial charge in [-0.2, -0.15) is 0 Å². The Balaban J connectivity index is 1.95. The maximum Gasteiger partial charge on any atom is 0.188 e. The minimum absolute atomic E-state index is 0.175. The first-order valence-corrected chi connectivity index (χ1v) is 10.4. The lowest BCUT2D eigenvalue weighted by atomic mass is 9.92. The molecule has 3 aromatic rings. The van der Waals surface area contributed by atoms with Crippen molar-refractivity contribution in [2.75, 3.05) is 7.11 Å². The van der Waals surface area contributed by atoms with Gasteiger partial charge in [0.15, 0.2) is 5.78 Å². The molecule has 0 spiro atoms. The molecule has 0 saturated carbocycles. The highest BCUT2D eigenvalue weighted by Crippen LogP contribution is 2.31. The molecular formula is C30H28O2. The summed E-state index contributed by atoms with van der Waals surface area (Å²) in [5, 5.41) is 0. The third kappa shape index (κ3) is 4.70. The molecule has 0 aliphatic carbocycles. The van der Waals surface area contributed by atoms with Gasteiger partial charge in [0.25, 0.3) is 0 Å². The number of allylic oxidation sites excluding steroid dienone is 5. The molecule has 2 heteroatoms. The van der Waals surface area contributed by atoms with Crippen LogP contribution in [0.4, 0.5) is 0 Å². The molecule has 0 bridgehead atoms. The molecule has 3 aromatic carbocycles. The van der Waals surface area contributed by atoms with E-state index in [4.69, 9.17) is 4.74 Å². The lowest BCUT2D eigenvalue weighted by Crippen LogP contribution is -1.99.